The van der Waals surface area contributed by atoms with Gasteiger partial charge in [0.1, 0.15) is 5.78 Å². The van der Waals surface area contributed by atoms with Gasteiger partial charge in [-0.2, -0.15) is 0 Å². The van der Waals surface area contributed by atoms with Crippen molar-refractivity contribution in [3.05, 3.63) is 11.6 Å². The second-order valence-corrected chi connectivity index (χ2v) is 6.29. The van der Waals surface area contributed by atoms with Crippen molar-refractivity contribution in [1.29, 1.82) is 0 Å². The van der Waals surface area contributed by atoms with Crippen LogP contribution >= 0.6 is 0 Å². The molecule has 1 nitrogen and oxygen atoms in total. The van der Waals surface area contributed by atoms with Crippen molar-refractivity contribution in [2.75, 3.05) is 0 Å². The van der Waals surface area contributed by atoms with Crippen LogP contribution in [0.2, 0.25) is 0 Å². The van der Waals surface area contributed by atoms with E-state index >= 15 is 0 Å². The summed E-state index contributed by atoms with van der Waals surface area (Å²) < 4.78 is 0. The van der Waals surface area contributed by atoms with E-state index in [1.165, 1.54) is 6.42 Å². The highest BCUT2D eigenvalue weighted by atomic mass is 16.1. The van der Waals surface area contributed by atoms with Crippen LogP contribution in [0.1, 0.15) is 46.5 Å². The van der Waals surface area contributed by atoms with Gasteiger partial charge in [0.15, 0.2) is 0 Å². The molecule has 0 aromatic carbocycles. The van der Waals surface area contributed by atoms with Crippen molar-refractivity contribution in [3.63, 3.8) is 0 Å². The van der Waals surface area contributed by atoms with Gasteiger partial charge >= 0.3 is 0 Å². The first-order valence-electron chi connectivity index (χ1n) is 6.20. The molecule has 4 atom stereocenters. The molecule has 15 heavy (non-hydrogen) atoms. The Hall–Kier alpha value is -0.590. The second kappa shape index (κ2) is 2.56. The lowest BCUT2D eigenvalue weighted by Gasteiger charge is -2.62. The summed E-state index contributed by atoms with van der Waals surface area (Å²) in [5.41, 5.74) is 1.77. The van der Waals surface area contributed by atoms with Crippen molar-refractivity contribution >= 4 is 5.78 Å². The van der Waals surface area contributed by atoms with Crippen LogP contribution in [0.5, 0.6) is 0 Å². The van der Waals surface area contributed by atoms with Crippen molar-refractivity contribution < 1.29 is 4.79 Å². The van der Waals surface area contributed by atoms with Crippen molar-refractivity contribution in [1.82, 2.24) is 0 Å². The van der Waals surface area contributed by atoms with Crippen LogP contribution in [0, 0.1) is 22.7 Å². The fourth-order valence-electron chi connectivity index (χ4n) is 4.47. The maximum absolute atomic E-state index is 12.4. The summed E-state index contributed by atoms with van der Waals surface area (Å²) >= 11 is 0. The lowest BCUT2D eigenvalue weighted by atomic mass is 9.40. The zero-order valence-corrected chi connectivity index (χ0v) is 9.97. The number of hydrogen-bond acceptors (Lipinski definition) is 1. The molecule has 0 N–H and O–H groups in total. The van der Waals surface area contributed by atoms with Crippen molar-refractivity contribution in [2.45, 2.75) is 46.5 Å². The van der Waals surface area contributed by atoms with E-state index in [0.29, 0.717) is 17.6 Å². The molecular formula is C14H20O. The molecule has 4 bridgehead atoms. The minimum atomic E-state index is -0.0433. The summed E-state index contributed by atoms with van der Waals surface area (Å²) in [6.45, 7) is 6.85. The summed E-state index contributed by atoms with van der Waals surface area (Å²) in [5, 5.41) is 0. The van der Waals surface area contributed by atoms with Crippen molar-refractivity contribution in [2.24, 2.45) is 22.7 Å². The largest absolute Gasteiger partial charge is 0.299 e. The van der Waals surface area contributed by atoms with E-state index in [1.807, 2.05) is 0 Å². The number of carbonyl (C=O) groups excluding carboxylic acids is 1. The molecule has 0 aromatic heterocycles. The summed E-state index contributed by atoms with van der Waals surface area (Å²) in [7, 11) is 0. The Morgan fingerprint density at radius 1 is 1.40 bits per heavy atom. The van der Waals surface area contributed by atoms with Crippen LogP contribution < -0.4 is 0 Å². The normalized spacial score (nSPS) is 53.0. The first-order chi connectivity index (χ1) is 6.99. The molecule has 1 heteroatoms. The molecule has 0 spiro atoms. The summed E-state index contributed by atoms with van der Waals surface area (Å²) in [5.74, 6) is 1.63. The van der Waals surface area contributed by atoms with E-state index < -0.39 is 0 Å². The molecule has 82 valence electrons. The van der Waals surface area contributed by atoms with E-state index in [4.69, 9.17) is 0 Å². The molecule has 0 heterocycles. The Morgan fingerprint density at radius 2 is 2.13 bits per heavy atom. The molecule has 3 fully saturated rings. The Bertz CT molecular complexity index is 368. The number of ketones is 1. The number of Topliss-reactive ketones (excluding diaryl/α,β-unsaturated/α-hetero) is 1. The molecular weight excluding hydrogens is 184 g/mol. The van der Waals surface area contributed by atoms with Gasteiger partial charge in [-0.1, -0.05) is 25.5 Å². The van der Waals surface area contributed by atoms with Crippen molar-refractivity contribution in [3.8, 4) is 0 Å². The number of rotatable bonds is 0. The Kier molecular flexibility index (Phi) is 1.64. The highest BCUT2D eigenvalue weighted by molar-refractivity contribution is 5.90. The molecule has 3 saturated carbocycles. The topological polar surface area (TPSA) is 17.1 Å². The summed E-state index contributed by atoms with van der Waals surface area (Å²) in [6.07, 6.45) is 6.85. The standard InChI is InChI=1S/C14H20O/c1-9-4-6-14(3)12(15)10-5-7-13(14,2)11(9)8-10/h4,10-11H,5-8H2,1-3H3. The summed E-state index contributed by atoms with van der Waals surface area (Å²) in [6, 6.07) is 0. The van der Waals surface area contributed by atoms with Gasteiger partial charge in [-0.25, -0.2) is 0 Å². The van der Waals surface area contributed by atoms with Crippen LogP contribution in [0.25, 0.3) is 0 Å². The molecule has 4 unspecified atom stereocenters. The number of hydrogen-bond donors (Lipinski definition) is 0. The van der Waals surface area contributed by atoms with Gasteiger partial charge in [-0.15, -0.1) is 0 Å². The SMILES string of the molecule is CC1=CCC2(C)C(=O)C3CCC2(C)C1C3. The predicted octanol–water partition coefficient (Wildman–Crippen LogP) is 3.35. The molecule has 4 rings (SSSR count). The highest BCUT2D eigenvalue weighted by Gasteiger charge is 2.63. The lowest BCUT2D eigenvalue weighted by Crippen LogP contribution is -2.60. The van der Waals surface area contributed by atoms with Crippen LogP contribution in [-0.4, -0.2) is 5.78 Å². The van der Waals surface area contributed by atoms with E-state index in [2.05, 4.69) is 26.8 Å². The van der Waals surface area contributed by atoms with Gasteiger partial charge in [-0.3, -0.25) is 4.79 Å². The van der Waals surface area contributed by atoms with Gasteiger partial charge in [-0.05, 0) is 43.9 Å². The van der Waals surface area contributed by atoms with Gasteiger partial charge < -0.3 is 0 Å². The average molecular weight is 204 g/mol. The third-order valence-electron chi connectivity index (χ3n) is 5.86. The van der Waals surface area contributed by atoms with E-state index in [1.54, 1.807) is 5.57 Å². The highest BCUT2D eigenvalue weighted by Crippen LogP contribution is 2.66. The molecule has 0 saturated heterocycles. The minimum absolute atomic E-state index is 0.0433. The molecule has 0 aromatic rings. The zero-order valence-electron chi connectivity index (χ0n) is 9.97. The first kappa shape index (κ1) is 9.62. The monoisotopic (exact) mass is 204 g/mol. The molecule has 0 radical (unpaired) electrons. The zero-order chi connectivity index (χ0) is 10.8. The maximum atomic E-state index is 12.4. The Morgan fingerprint density at radius 3 is 2.87 bits per heavy atom. The fourth-order valence-corrected chi connectivity index (χ4v) is 4.47. The third kappa shape index (κ3) is 0.885. The quantitative estimate of drug-likeness (QED) is 0.553. The number of allylic oxidation sites excluding steroid dienone is 2. The average Bonchev–Trinajstić information content (AvgIpc) is 2.21. The fraction of sp³-hybridized carbons (Fsp3) is 0.786. The molecule has 4 aliphatic carbocycles. The predicted molar refractivity (Wildman–Crippen MR) is 60.4 cm³/mol. The molecule has 4 aliphatic rings. The Labute approximate surface area is 91.9 Å². The number of carbonyl (C=O) groups is 1. The van der Waals surface area contributed by atoms with E-state index in [0.717, 1.165) is 19.3 Å². The minimum Gasteiger partial charge on any atom is -0.299 e. The van der Waals surface area contributed by atoms with Crippen LogP contribution in [0.4, 0.5) is 0 Å². The first-order valence-corrected chi connectivity index (χ1v) is 6.20. The maximum Gasteiger partial charge on any atom is 0.142 e. The van der Waals surface area contributed by atoms with Crippen LogP contribution in [0.3, 0.4) is 0 Å². The van der Waals surface area contributed by atoms with E-state index in [9.17, 15) is 4.79 Å². The van der Waals surface area contributed by atoms with Crippen LogP contribution in [0.15, 0.2) is 11.6 Å². The molecule has 0 aliphatic heterocycles. The second-order valence-electron chi connectivity index (χ2n) is 6.29. The van der Waals surface area contributed by atoms with E-state index in [-0.39, 0.29) is 10.8 Å². The van der Waals surface area contributed by atoms with Gasteiger partial charge in [0.25, 0.3) is 0 Å². The van der Waals surface area contributed by atoms with Gasteiger partial charge in [0.05, 0.1) is 0 Å². The third-order valence-corrected chi connectivity index (χ3v) is 5.86. The van der Waals surface area contributed by atoms with Gasteiger partial charge in [0, 0.05) is 11.3 Å². The smallest absolute Gasteiger partial charge is 0.142 e. The van der Waals surface area contributed by atoms with Gasteiger partial charge in [0.2, 0.25) is 0 Å². The lowest BCUT2D eigenvalue weighted by molar-refractivity contribution is -0.163. The van der Waals surface area contributed by atoms with Crippen LogP contribution in [-0.2, 0) is 4.79 Å². The molecule has 0 amide bonds. The number of fused-ring (bicyclic) bond motifs is 1. The summed E-state index contributed by atoms with van der Waals surface area (Å²) in [4.78, 5) is 12.4. The Balaban J connectivity index is 2.19.